The van der Waals surface area contributed by atoms with Gasteiger partial charge in [-0.05, 0) is 52.5 Å². The van der Waals surface area contributed by atoms with E-state index in [-0.39, 0.29) is 0 Å². The van der Waals surface area contributed by atoms with Gasteiger partial charge in [0.15, 0.2) is 0 Å². The van der Waals surface area contributed by atoms with Crippen LogP contribution in [0.25, 0.3) is 0 Å². The lowest BCUT2D eigenvalue weighted by atomic mass is 9.72. The molecule has 1 heterocycles. The Labute approximate surface area is 89.9 Å². The van der Waals surface area contributed by atoms with Crippen LogP contribution in [0.2, 0.25) is 0 Å². The van der Waals surface area contributed by atoms with E-state index in [1.54, 1.807) is 0 Å². The van der Waals surface area contributed by atoms with Crippen LogP contribution in [0.5, 0.6) is 0 Å². The predicted molar refractivity (Wildman–Crippen MR) is 63.6 cm³/mol. The number of hydrogen-bond acceptors (Lipinski definition) is 1. The van der Waals surface area contributed by atoms with E-state index >= 15 is 0 Å². The topological polar surface area (TPSA) is 3.24 Å². The van der Waals surface area contributed by atoms with Crippen LogP contribution in [0.15, 0.2) is 0 Å². The minimum atomic E-state index is 0.304. The standard InChI is InChI=1S/C13H27N/c1-11(2,3)13(7)9-8-10-14(13)12(4,5)6/h8-10H2,1-7H3. The van der Waals surface area contributed by atoms with Gasteiger partial charge in [-0.25, -0.2) is 0 Å². The summed E-state index contributed by atoms with van der Waals surface area (Å²) in [4.78, 5) is 2.69. The average molecular weight is 197 g/mol. The van der Waals surface area contributed by atoms with Gasteiger partial charge in [0, 0.05) is 11.1 Å². The Balaban J connectivity index is 2.99. The molecular formula is C13H27N. The molecule has 0 amide bonds. The van der Waals surface area contributed by atoms with Gasteiger partial charge in [-0.2, -0.15) is 0 Å². The third kappa shape index (κ3) is 1.84. The molecule has 1 saturated heterocycles. The van der Waals surface area contributed by atoms with Gasteiger partial charge in [0.05, 0.1) is 0 Å². The van der Waals surface area contributed by atoms with Gasteiger partial charge in [0.2, 0.25) is 0 Å². The van der Waals surface area contributed by atoms with Gasteiger partial charge in [-0.15, -0.1) is 0 Å². The van der Waals surface area contributed by atoms with Gasteiger partial charge < -0.3 is 0 Å². The molecule has 14 heavy (non-hydrogen) atoms. The van der Waals surface area contributed by atoms with Crippen molar-refractivity contribution >= 4 is 0 Å². The Bertz CT molecular complexity index is 206. The van der Waals surface area contributed by atoms with E-state index in [9.17, 15) is 0 Å². The predicted octanol–water partition coefficient (Wildman–Crippen LogP) is 3.69. The van der Waals surface area contributed by atoms with E-state index in [4.69, 9.17) is 0 Å². The lowest BCUT2D eigenvalue weighted by Gasteiger charge is -2.51. The van der Waals surface area contributed by atoms with E-state index in [1.807, 2.05) is 0 Å². The van der Waals surface area contributed by atoms with E-state index in [0.29, 0.717) is 16.5 Å². The molecule has 1 nitrogen and oxygen atoms in total. The molecule has 0 saturated carbocycles. The van der Waals surface area contributed by atoms with Crippen LogP contribution >= 0.6 is 0 Å². The molecule has 0 aromatic heterocycles. The number of hydrogen-bond donors (Lipinski definition) is 0. The van der Waals surface area contributed by atoms with Crippen LogP contribution in [0.4, 0.5) is 0 Å². The summed E-state index contributed by atoms with van der Waals surface area (Å²) in [5.41, 5.74) is 1.04. The summed E-state index contributed by atoms with van der Waals surface area (Å²) in [6.45, 7) is 17.8. The van der Waals surface area contributed by atoms with Crippen molar-refractivity contribution in [2.45, 2.75) is 72.4 Å². The molecule has 1 atom stereocenters. The largest absolute Gasteiger partial charge is 0.293 e. The van der Waals surface area contributed by atoms with Crippen LogP contribution in [-0.4, -0.2) is 22.5 Å². The fourth-order valence-corrected chi connectivity index (χ4v) is 2.82. The van der Waals surface area contributed by atoms with E-state index < -0.39 is 0 Å². The van der Waals surface area contributed by atoms with Crippen molar-refractivity contribution in [2.24, 2.45) is 5.41 Å². The second-order valence-corrected chi connectivity index (χ2v) is 6.95. The SMILES string of the molecule is CC(C)(C)N1CCCC1(C)C(C)(C)C. The third-order valence-electron chi connectivity index (χ3n) is 4.07. The van der Waals surface area contributed by atoms with Gasteiger partial charge in [0.1, 0.15) is 0 Å². The monoisotopic (exact) mass is 197 g/mol. The zero-order chi connectivity index (χ0) is 11.2. The minimum absolute atomic E-state index is 0.304. The normalized spacial score (nSPS) is 31.1. The molecule has 1 unspecified atom stereocenters. The number of likely N-dealkylation sites (tertiary alicyclic amines) is 1. The van der Waals surface area contributed by atoms with E-state index in [0.717, 1.165) is 0 Å². The van der Waals surface area contributed by atoms with Crippen molar-refractivity contribution in [3.8, 4) is 0 Å². The fourth-order valence-electron chi connectivity index (χ4n) is 2.82. The summed E-state index contributed by atoms with van der Waals surface area (Å²) < 4.78 is 0. The Morgan fingerprint density at radius 3 is 1.79 bits per heavy atom. The maximum atomic E-state index is 2.69. The zero-order valence-corrected chi connectivity index (χ0v) is 11.1. The van der Waals surface area contributed by atoms with Crippen molar-refractivity contribution in [3.05, 3.63) is 0 Å². The van der Waals surface area contributed by atoms with Crippen LogP contribution in [0.3, 0.4) is 0 Å². The molecule has 0 aromatic rings. The molecule has 0 bridgehead atoms. The molecule has 0 aliphatic carbocycles. The lowest BCUT2D eigenvalue weighted by Crippen LogP contribution is -2.57. The molecule has 0 aromatic carbocycles. The number of nitrogens with zero attached hydrogens (tertiary/aromatic N) is 1. The highest BCUT2D eigenvalue weighted by atomic mass is 15.3. The van der Waals surface area contributed by atoms with Gasteiger partial charge in [-0.3, -0.25) is 4.90 Å². The first-order valence-corrected chi connectivity index (χ1v) is 5.87. The van der Waals surface area contributed by atoms with Crippen LogP contribution in [-0.2, 0) is 0 Å². The van der Waals surface area contributed by atoms with Crippen molar-refractivity contribution in [2.75, 3.05) is 6.54 Å². The van der Waals surface area contributed by atoms with Crippen molar-refractivity contribution < 1.29 is 0 Å². The fraction of sp³-hybridized carbons (Fsp3) is 1.00. The highest BCUT2D eigenvalue weighted by Crippen LogP contribution is 2.46. The Morgan fingerprint density at radius 1 is 1.00 bits per heavy atom. The maximum absolute atomic E-state index is 2.69. The maximum Gasteiger partial charge on any atom is 0.0235 e. The van der Waals surface area contributed by atoms with Crippen LogP contribution in [0.1, 0.15) is 61.3 Å². The molecule has 1 heteroatoms. The first-order valence-electron chi connectivity index (χ1n) is 5.87. The molecule has 1 fully saturated rings. The van der Waals surface area contributed by atoms with Gasteiger partial charge in [0.25, 0.3) is 0 Å². The summed E-state index contributed by atoms with van der Waals surface area (Å²) in [5.74, 6) is 0. The summed E-state index contributed by atoms with van der Waals surface area (Å²) in [5, 5.41) is 0. The molecule has 0 radical (unpaired) electrons. The summed E-state index contributed by atoms with van der Waals surface area (Å²) in [6.07, 6.45) is 2.69. The second kappa shape index (κ2) is 3.23. The quantitative estimate of drug-likeness (QED) is 0.572. The second-order valence-electron chi connectivity index (χ2n) is 6.95. The molecule has 0 spiro atoms. The molecule has 1 aliphatic heterocycles. The molecular weight excluding hydrogens is 170 g/mol. The highest BCUT2D eigenvalue weighted by Gasteiger charge is 2.48. The smallest absolute Gasteiger partial charge is 0.0235 e. The van der Waals surface area contributed by atoms with Crippen LogP contribution in [0, 0.1) is 5.41 Å². The van der Waals surface area contributed by atoms with E-state index in [2.05, 4.69) is 53.4 Å². The van der Waals surface area contributed by atoms with Crippen LogP contribution < -0.4 is 0 Å². The minimum Gasteiger partial charge on any atom is -0.293 e. The number of rotatable bonds is 0. The molecule has 84 valence electrons. The van der Waals surface area contributed by atoms with E-state index in [1.165, 1.54) is 19.4 Å². The summed E-state index contributed by atoms with van der Waals surface area (Å²) >= 11 is 0. The Hall–Kier alpha value is -0.0400. The van der Waals surface area contributed by atoms with Crippen molar-refractivity contribution in [1.29, 1.82) is 0 Å². The van der Waals surface area contributed by atoms with Gasteiger partial charge >= 0.3 is 0 Å². The average Bonchev–Trinajstić information content (AvgIpc) is 2.28. The summed E-state index contributed by atoms with van der Waals surface area (Å²) in [7, 11) is 0. The zero-order valence-electron chi connectivity index (χ0n) is 11.1. The molecule has 1 rings (SSSR count). The molecule has 1 aliphatic rings. The first-order chi connectivity index (χ1) is 6.09. The highest BCUT2D eigenvalue weighted by molar-refractivity contribution is 5.04. The summed E-state index contributed by atoms with van der Waals surface area (Å²) in [6, 6.07) is 0. The molecule has 0 N–H and O–H groups in total. The van der Waals surface area contributed by atoms with Crippen molar-refractivity contribution in [3.63, 3.8) is 0 Å². The van der Waals surface area contributed by atoms with Gasteiger partial charge in [-0.1, -0.05) is 20.8 Å². The Morgan fingerprint density at radius 2 is 1.50 bits per heavy atom. The van der Waals surface area contributed by atoms with Crippen molar-refractivity contribution in [1.82, 2.24) is 4.90 Å². The lowest BCUT2D eigenvalue weighted by molar-refractivity contribution is -0.0182. The third-order valence-corrected chi connectivity index (χ3v) is 4.07. The first kappa shape index (κ1) is 12.0. The Kier molecular flexibility index (Phi) is 2.78.